The molecule has 2 rings (SSSR count). The van der Waals surface area contributed by atoms with E-state index in [2.05, 4.69) is 5.32 Å². The van der Waals surface area contributed by atoms with Crippen LogP contribution in [0.15, 0.2) is 24.3 Å². The van der Waals surface area contributed by atoms with Gasteiger partial charge in [-0.05, 0) is 30.7 Å². The summed E-state index contributed by atoms with van der Waals surface area (Å²) in [5.41, 5.74) is 0.553. The Balaban J connectivity index is 2.17. The molecular weight excluding hydrogens is 252 g/mol. The molecule has 1 atom stereocenters. The second-order valence-corrected chi connectivity index (χ2v) is 4.78. The Morgan fingerprint density at radius 1 is 1.33 bits per heavy atom. The van der Waals surface area contributed by atoms with Gasteiger partial charge in [-0.25, -0.2) is 9.69 Å². The van der Waals surface area contributed by atoms with Crippen LogP contribution in [0.2, 0.25) is 5.02 Å². The standard InChI is InChI=1S/C13H15ClN2O2/c1-2-3-10-8-12(17)16(13(18)15-10)11-6-4-9(14)5-7-11/h4-7,10H,2-3,8H2,1H3,(H,15,18). The number of nitrogens with zero attached hydrogens (tertiary/aromatic N) is 1. The molecule has 18 heavy (non-hydrogen) atoms. The number of urea groups is 1. The largest absolute Gasteiger partial charge is 0.334 e. The van der Waals surface area contributed by atoms with Crippen LogP contribution in [0.1, 0.15) is 26.2 Å². The Hall–Kier alpha value is -1.55. The van der Waals surface area contributed by atoms with Gasteiger partial charge in [-0.1, -0.05) is 24.9 Å². The Kier molecular flexibility index (Phi) is 3.87. The summed E-state index contributed by atoms with van der Waals surface area (Å²) in [6.07, 6.45) is 2.12. The van der Waals surface area contributed by atoms with Gasteiger partial charge in [-0.15, -0.1) is 0 Å². The van der Waals surface area contributed by atoms with E-state index in [1.807, 2.05) is 6.92 Å². The summed E-state index contributed by atoms with van der Waals surface area (Å²) in [6.45, 7) is 2.03. The van der Waals surface area contributed by atoms with Crippen LogP contribution < -0.4 is 10.2 Å². The maximum atomic E-state index is 12.0. The summed E-state index contributed by atoms with van der Waals surface area (Å²) >= 11 is 5.78. The first-order chi connectivity index (χ1) is 8.61. The third kappa shape index (κ3) is 2.64. The van der Waals surface area contributed by atoms with Crippen molar-refractivity contribution in [1.82, 2.24) is 5.32 Å². The lowest BCUT2D eigenvalue weighted by Crippen LogP contribution is -2.54. The van der Waals surface area contributed by atoms with E-state index in [-0.39, 0.29) is 18.0 Å². The van der Waals surface area contributed by atoms with Gasteiger partial charge in [0.1, 0.15) is 0 Å². The molecule has 4 nitrogen and oxygen atoms in total. The van der Waals surface area contributed by atoms with Crippen molar-refractivity contribution in [1.29, 1.82) is 0 Å². The van der Waals surface area contributed by atoms with Gasteiger partial charge in [0.05, 0.1) is 5.69 Å². The van der Waals surface area contributed by atoms with Gasteiger partial charge in [0, 0.05) is 17.5 Å². The number of hydrogen-bond acceptors (Lipinski definition) is 2. The van der Waals surface area contributed by atoms with Crippen LogP contribution in [0.3, 0.4) is 0 Å². The summed E-state index contributed by atoms with van der Waals surface area (Å²) in [7, 11) is 0. The first-order valence-corrected chi connectivity index (χ1v) is 6.38. The predicted octanol–water partition coefficient (Wildman–Crippen LogP) is 2.96. The number of carbonyl (C=O) groups is 2. The van der Waals surface area contributed by atoms with Crippen molar-refractivity contribution >= 4 is 29.2 Å². The van der Waals surface area contributed by atoms with Crippen molar-refractivity contribution in [2.45, 2.75) is 32.2 Å². The van der Waals surface area contributed by atoms with Gasteiger partial charge in [0.15, 0.2) is 0 Å². The Morgan fingerprint density at radius 3 is 2.56 bits per heavy atom. The number of nitrogens with one attached hydrogen (secondary N) is 1. The lowest BCUT2D eigenvalue weighted by molar-refractivity contribution is -0.119. The molecule has 0 aliphatic carbocycles. The summed E-state index contributed by atoms with van der Waals surface area (Å²) < 4.78 is 0. The minimum absolute atomic E-state index is 0.0430. The summed E-state index contributed by atoms with van der Waals surface area (Å²) in [5.74, 6) is -0.167. The molecule has 1 aliphatic rings. The van der Waals surface area contributed by atoms with Gasteiger partial charge in [0.25, 0.3) is 0 Å². The van der Waals surface area contributed by atoms with Crippen LogP contribution in [0.5, 0.6) is 0 Å². The molecule has 1 saturated heterocycles. The molecule has 5 heteroatoms. The Labute approximate surface area is 111 Å². The van der Waals surface area contributed by atoms with Crippen molar-refractivity contribution in [3.8, 4) is 0 Å². The summed E-state index contributed by atoms with van der Waals surface area (Å²) in [4.78, 5) is 25.1. The molecule has 96 valence electrons. The van der Waals surface area contributed by atoms with Crippen LogP contribution in [0, 0.1) is 0 Å². The van der Waals surface area contributed by atoms with Crippen LogP contribution in [-0.4, -0.2) is 18.0 Å². The molecule has 1 heterocycles. The van der Waals surface area contributed by atoms with Crippen molar-refractivity contribution in [3.63, 3.8) is 0 Å². The molecular formula is C13H15ClN2O2. The summed E-state index contributed by atoms with van der Waals surface area (Å²) in [5, 5.41) is 3.42. The fourth-order valence-corrected chi connectivity index (χ4v) is 2.21. The molecule has 1 aromatic rings. The first kappa shape index (κ1) is 12.9. The van der Waals surface area contributed by atoms with E-state index in [0.29, 0.717) is 17.1 Å². The molecule has 1 aromatic carbocycles. The third-order valence-electron chi connectivity index (χ3n) is 2.92. The summed E-state index contributed by atoms with van der Waals surface area (Å²) in [6, 6.07) is 6.26. The topological polar surface area (TPSA) is 49.4 Å². The molecule has 1 unspecified atom stereocenters. The van der Waals surface area contributed by atoms with E-state index in [9.17, 15) is 9.59 Å². The average Bonchev–Trinajstić information content (AvgIpc) is 2.31. The number of carbonyl (C=O) groups excluding carboxylic acids is 2. The van der Waals surface area contributed by atoms with Crippen molar-refractivity contribution < 1.29 is 9.59 Å². The van der Waals surface area contributed by atoms with E-state index in [1.54, 1.807) is 24.3 Å². The van der Waals surface area contributed by atoms with E-state index >= 15 is 0 Å². The number of rotatable bonds is 3. The minimum Gasteiger partial charge on any atom is -0.334 e. The van der Waals surface area contributed by atoms with Crippen LogP contribution >= 0.6 is 11.6 Å². The number of amides is 3. The maximum Gasteiger partial charge on any atom is 0.328 e. The highest BCUT2D eigenvalue weighted by Crippen LogP contribution is 2.22. The minimum atomic E-state index is -0.355. The van der Waals surface area contributed by atoms with Crippen molar-refractivity contribution in [3.05, 3.63) is 29.3 Å². The molecule has 0 bridgehead atoms. The normalized spacial score (nSPS) is 19.9. The van der Waals surface area contributed by atoms with Crippen LogP contribution in [-0.2, 0) is 4.79 Å². The van der Waals surface area contributed by atoms with Gasteiger partial charge in [0.2, 0.25) is 5.91 Å². The Bertz CT molecular complexity index is 441. The van der Waals surface area contributed by atoms with Gasteiger partial charge in [-0.2, -0.15) is 0 Å². The van der Waals surface area contributed by atoms with E-state index < -0.39 is 0 Å². The zero-order chi connectivity index (χ0) is 13.1. The number of benzene rings is 1. The fourth-order valence-electron chi connectivity index (χ4n) is 2.08. The SMILES string of the molecule is CCCC1CC(=O)N(c2ccc(Cl)cc2)C(=O)N1. The first-order valence-electron chi connectivity index (χ1n) is 6.01. The van der Waals surface area contributed by atoms with Crippen molar-refractivity contribution in [2.24, 2.45) is 0 Å². The quantitative estimate of drug-likeness (QED) is 0.914. The molecule has 0 saturated carbocycles. The molecule has 1 fully saturated rings. The zero-order valence-corrected chi connectivity index (χ0v) is 10.9. The predicted molar refractivity (Wildman–Crippen MR) is 70.8 cm³/mol. The molecule has 1 N–H and O–H groups in total. The van der Waals surface area contributed by atoms with Gasteiger partial charge < -0.3 is 5.32 Å². The molecule has 0 spiro atoms. The number of anilines is 1. The van der Waals surface area contributed by atoms with Crippen LogP contribution in [0.25, 0.3) is 0 Å². The third-order valence-corrected chi connectivity index (χ3v) is 3.18. The van der Waals surface area contributed by atoms with Crippen LogP contribution in [0.4, 0.5) is 10.5 Å². The highest BCUT2D eigenvalue weighted by molar-refractivity contribution is 6.30. The van der Waals surface area contributed by atoms with Crippen molar-refractivity contribution in [2.75, 3.05) is 4.90 Å². The molecule has 1 aliphatic heterocycles. The average molecular weight is 267 g/mol. The lowest BCUT2D eigenvalue weighted by Gasteiger charge is -2.31. The van der Waals surface area contributed by atoms with E-state index in [4.69, 9.17) is 11.6 Å². The second-order valence-electron chi connectivity index (χ2n) is 4.34. The second kappa shape index (κ2) is 5.40. The number of imide groups is 1. The van der Waals surface area contributed by atoms with E-state index in [1.165, 1.54) is 4.90 Å². The van der Waals surface area contributed by atoms with E-state index in [0.717, 1.165) is 12.8 Å². The lowest BCUT2D eigenvalue weighted by atomic mass is 10.1. The highest BCUT2D eigenvalue weighted by atomic mass is 35.5. The fraction of sp³-hybridized carbons (Fsp3) is 0.385. The molecule has 3 amide bonds. The monoisotopic (exact) mass is 266 g/mol. The molecule has 0 radical (unpaired) electrons. The number of hydrogen-bond donors (Lipinski definition) is 1. The maximum absolute atomic E-state index is 12.0. The smallest absolute Gasteiger partial charge is 0.328 e. The Morgan fingerprint density at radius 2 is 2.00 bits per heavy atom. The molecule has 0 aromatic heterocycles. The van der Waals surface area contributed by atoms with Gasteiger partial charge in [-0.3, -0.25) is 4.79 Å². The number of halogens is 1. The van der Waals surface area contributed by atoms with Gasteiger partial charge >= 0.3 is 6.03 Å². The highest BCUT2D eigenvalue weighted by Gasteiger charge is 2.32. The zero-order valence-electron chi connectivity index (χ0n) is 10.1.